The number of nitrogens with one attached hydrogen (secondary N) is 1. The van der Waals surface area contributed by atoms with Crippen LogP contribution in [0.4, 0.5) is 0 Å². The summed E-state index contributed by atoms with van der Waals surface area (Å²) in [5, 5.41) is 0.834. The number of Topliss-reactive ketones (excluding diaryl/α,β-unsaturated/α-hetero) is 2. The third-order valence-electron chi connectivity index (χ3n) is 8.40. The number of pyridine rings is 3. The molecule has 0 aromatic carbocycles. The van der Waals surface area contributed by atoms with Crippen LogP contribution in [0.3, 0.4) is 0 Å². The molecule has 0 radical (unpaired) electrons. The van der Waals surface area contributed by atoms with Crippen LogP contribution in [0.15, 0.2) is 47.4 Å². The Labute approximate surface area is 259 Å². The Balaban J connectivity index is 0.000000171. The number of ether oxygens (including phenoxy) is 1. The van der Waals surface area contributed by atoms with Crippen molar-refractivity contribution in [2.75, 3.05) is 7.11 Å². The highest BCUT2D eigenvalue weighted by molar-refractivity contribution is 6.30. The van der Waals surface area contributed by atoms with Gasteiger partial charge in [0.1, 0.15) is 16.1 Å². The summed E-state index contributed by atoms with van der Waals surface area (Å²) >= 11 is 12.0. The molecule has 9 nitrogen and oxygen atoms in total. The first kappa shape index (κ1) is 30.5. The molecule has 2 atom stereocenters. The maximum absolute atomic E-state index is 13.1. The van der Waals surface area contributed by atoms with Crippen molar-refractivity contribution in [3.8, 4) is 5.88 Å². The van der Waals surface area contributed by atoms with Crippen LogP contribution < -0.4 is 10.3 Å². The summed E-state index contributed by atoms with van der Waals surface area (Å²) in [4.78, 5) is 57.6. The molecule has 4 heterocycles. The number of halogens is 2. The van der Waals surface area contributed by atoms with Gasteiger partial charge in [-0.15, -0.1) is 0 Å². The number of methoxy groups -OCH3 is 1. The second-order valence-electron chi connectivity index (χ2n) is 11.3. The summed E-state index contributed by atoms with van der Waals surface area (Å²) < 4.78 is 5.14. The van der Waals surface area contributed by atoms with E-state index in [0.29, 0.717) is 64.5 Å². The molecule has 0 amide bonds. The minimum atomic E-state index is -0.776. The maximum atomic E-state index is 13.1. The molecule has 2 aliphatic carbocycles. The van der Waals surface area contributed by atoms with Gasteiger partial charge in [0.15, 0.2) is 11.6 Å². The number of hydrogen-bond acceptors (Lipinski definition) is 8. The number of H-pyrrole nitrogens is 1. The van der Waals surface area contributed by atoms with Crippen molar-refractivity contribution in [1.29, 1.82) is 0 Å². The molecule has 2 unspecified atom stereocenters. The highest BCUT2D eigenvalue weighted by atomic mass is 35.5. The Morgan fingerprint density at radius 3 is 1.93 bits per heavy atom. The predicted molar refractivity (Wildman–Crippen MR) is 164 cm³/mol. The summed E-state index contributed by atoms with van der Waals surface area (Å²) in [6.07, 6.45) is 4.14. The van der Waals surface area contributed by atoms with Gasteiger partial charge in [-0.25, -0.2) is 15.0 Å². The standard InChI is InChI=1S/C16H16ClN3O2.C16H15ClN2O2/c1-9-8-11(17)19-10-4-6-16(2,14(21)13(9)10)15-18-7-5-12(20-15)22-3;1-9-8-12(17)18-10-6-7-16(2,15(21)14(9)10)11-4-3-5-13(20)19-11/h5,7-8H,4,6H2,1-3H3;3-5,8H,6-7H2,1-2H3,(H,19,20). The zero-order chi connectivity index (χ0) is 31.1. The van der Waals surface area contributed by atoms with Crippen LogP contribution in [0.2, 0.25) is 10.3 Å². The molecule has 43 heavy (non-hydrogen) atoms. The lowest BCUT2D eigenvalue weighted by Gasteiger charge is -2.33. The number of aryl methyl sites for hydroxylation is 4. The van der Waals surface area contributed by atoms with Gasteiger partial charge < -0.3 is 9.72 Å². The Hall–Kier alpha value is -3.95. The topological polar surface area (TPSA) is 128 Å². The zero-order valence-electron chi connectivity index (χ0n) is 24.5. The molecule has 4 aromatic heterocycles. The first-order valence-electron chi connectivity index (χ1n) is 13.9. The first-order valence-corrected chi connectivity index (χ1v) is 14.6. The van der Waals surface area contributed by atoms with Crippen LogP contribution in [0.5, 0.6) is 5.88 Å². The van der Waals surface area contributed by atoms with Crippen molar-refractivity contribution in [2.45, 2.75) is 64.2 Å². The van der Waals surface area contributed by atoms with Crippen LogP contribution >= 0.6 is 23.2 Å². The molecule has 0 spiro atoms. The molecule has 6 rings (SSSR count). The summed E-state index contributed by atoms with van der Waals surface area (Å²) in [5.74, 6) is 0.920. The van der Waals surface area contributed by atoms with Crippen molar-refractivity contribution in [2.24, 2.45) is 0 Å². The third-order valence-corrected chi connectivity index (χ3v) is 8.78. The van der Waals surface area contributed by atoms with Gasteiger partial charge in [0.05, 0.1) is 29.3 Å². The third kappa shape index (κ3) is 5.59. The van der Waals surface area contributed by atoms with E-state index in [4.69, 9.17) is 27.9 Å². The summed E-state index contributed by atoms with van der Waals surface area (Å²) in [6.45, 7) is 7.49. The van der Waals surface area contributed by atoms with Crippen molar-refractivity contribution >= 4 is 34.8 Å². The molecule has 4 aromatic rings. The van der Waals surface area contributed by atoms with Gasteiger partial charge in [0, 0.05) is 35.2 Å². The van der Waals surface area contributed by atoms with Crippen LogP contribution in [0, 0.1) is 13.8 Å². The lowest BCUT2D eigenvalue weighted by Crippen LogP contribution is -2.40. The molecular weight excluding hydrogens is 589 g/mol. The predicted octanol–water partition coefficient (Wildman–Crippen LogP) is 5.75. The smallest absolute Gasteiger partial charge is 0.248 e. The molecule has 0 saturated heterocycles. The van der Waals surface area contributed by atoms with Gasteiger partial charge >= 0.3 is 0 Å². The minimum Gasteiger partial charge on any atom is -0.481 e. The van der Waals surface area contributed by atoms with Crippen LogP contribution in [-0.4, -0.2) is 43.6 Å². The number of fused-ring (bicyclic) bond motifs is 2. The van der Waals surface area contributed by atoms with Crippen molar-refractivity contribution in [3.63, 3.8) is 0 Å². The van der Waals surface area contributed by atoms with Crippen LogP contribution in [-0.2, 0) is 23.7 Å². The minimum absolute atomic E-state index is 0.00716. The van der Waals surface area contributed by atoms with E-state index in [9.17, 15) is 14.4 Å². The van der Waals surface area contributed by atoms with E-state index in [0.717, 1.165) is 22.5 Å². The molecule has 1 N–H and O–H groups in total. The molecule has 222 valence electrons. The number of nitrogens with zero attached hydrogens (tertiary/aromatic N) is 4. The molecule has 0 bridgehead atoms. The highest BCUT2D eigenvalue weighted by Gasteiger charge is 2.44. The van der Waals surface area contributed by atoms with E-state index in [-0.39, 0.29) is 17.1 Å². The number of aromatic nitrogens is 5. The van der Waals surface area contributed by atoms with E-state index in [1.165, 1.54) is 6.07 Å². The van der Waals surface area contributed by atoms with E-state index in [1.54, 1.807) is 43.6 Å². The summed E-state index contributed by atoms with van der Waals surface area (Å²) in [5.41, 5.74) is 3.42. The number of aromatic amines is 1. The Kier molecular flexibility index (Phi) is 8.24. The zero-order valence-corrected chi connectivity index (χ0v) is 26.1. The second-order valence-corrected chi connectivity index (χ2v) is 12.1. The number of ketones is 2. The average molecular weight is 621 g/mol. The molecule has 0 saturated carbocycles. The fourth-order valence-corrected chi connectivity index (χ4v) is 6.38. The van der Waals surface area contributed by atoms with Crippen molar-refractivity contribution in [3.05, 3.63) is 108 Å². The van der Waals surface area contributed by atoms with Gasteiger partial charge in [-0.2, -0.15) is 4.98 Å². The largest absolute Gasteiger partial charge is 0.481 e. The van der Waals surface area contributed by atoms with Gasteiger partial charge in [0.25, 0.3) is 0 Å². The molecule has 0 fully saturated rings. The lowest BCUT2D eigenvalue weighted by atomic mass is 9.70. The molecule has 2 aliphatic rings. The average Bonchev–Trinajstić information content (AvgIpc) is 2.97. The Morgan fingerprint density at radius 1 is 0.814 bits per heavy atom. The SMILES string of the molecule is COc1ccnc(C2(C)CCc3nc(Cl)cc(C)c3C2=O)n1.Cc1cc(Cl)nc2c1C(=O)C(C)(c1cccc(=O)[nH]1)CC2. The summed E-state index contributed by atoms with van der Waals surface area (Å²) in [6, 6.07) is 10.0. The Bertz CT molecular complexity index is 1820. The second kappa shape index (κ2) is 11.6. The molecule has 0 aliphatic heterocycles. The van der Waals surface area contributed by atoms with E-state index in [1.807, 2.05) is 27.7 Å². The fourth-order valence-electron chi connectivity index (χ4n) is 5.85. The van der Waals surface area contributed by atoms with E-state index < -0.39 is 10.8 Å². The summed E-state index contributed by atoms with van der Waals surface area (Å²) in [7, 11) is 1.54. The van der Waals surface area contributed by atoms with E-state index in [2.05, 4.69) is 24.9 Å². The van der Waals surface area contributed by atoms with Gasteiger partial charge in [-0.3, -0.25) is 14.4 Å². The number of carbonyl (C=O) groups excluding carboxylic acids is 2. The first-order chi connectivity index (χ1) is 20.4. The van der Waals surface area contributed by atoms with Crippen molar-refractivity contribution < 1.29 is 14.3 Å². The quantitative estimate of drug-likeness (QED) is 0.287. The van der Waals surface area contributed by atoms with Gasteiger partial charge in [-0.05, 0) is 82.7 Å². The molecular formula is C32H31Cl2N5O4. The maximum Gasteiger partial charge on any atom is 0.248 e. The monoisotopic (exact) mass is 619 g/mol. The highest BCUT2D eigenvalue weighted by Crippen LogP contribution is 2.39. The number of carbonyl (C=O) groups is 2. The van der Waals surface area contributed by atoms with Crippen molar-refractivity contribution in [1.82, 2.24) is 24.9 Å². The van der Waals surface area contributed by atoms with Crippen LogP contribution in [0.25, 0.3) is 0 Å². The Morgan fingerprint density at radius 2 is 1.37 bits per heavy atom. The fraction of sp³-hybridized carbons (Fsp3) is 0.344. The normalized spacial score (nSPS) is 20.9. The van der Waals surface area contributed by atoms with Gasteiger partial charge in [0.2, 0.25) is 11.4 Å². The van der Waals surface area contributed by atoms with Crippen LogP contribution in [0.1, 0.15) is 81.4 Å². The lowest BCUT2D eigenvalue weighted by molar-refractivity contribution is 0.0860. The molecule has 11 heteroatoms. The van der Waals surface area contributed by atoms with E-state index >= 15 is 0 Å². The number of hydrogen-bond donors (Lipinski definition) is 1. The number of rotatable bonds is 3. The van der Waals surface area contributed by atoms with Gasteiger partial charge in [-0.1, -0.05) is 29.3 Å².